The Kier molecular flexibility index (Phi) is 3.08. The molecule has 4 unspecified atom stereocenters. The summed E-state index contributed by atoms with van der Waals surface area (Å²) in [6, 6.07) is 20.4. The molecular weight excluding hydrogens is 292 g/mol. The Morgan fingerprint density at radius 2 is 1.50 bits per heavy atom. The van der Waals surface area contributed by atoms with E-state index in [1.807, 2.05) is 36.4 Å². The maximum atomic E-state index is 12.0. The first-order chi connectivity index (χ1) is 11.8. The van der Waals surface area contributed by atoms with E-state index in [0.29, 0.717) is 23.7 Å². The zero-order chi connectivity index (χ0) is 16.1. The van der Waals surface area contributed by atoms with Crippen molar-refractivity contribution in [1.82, 2.24) is 0 Å². The highest BCUT2D eigenvalue weighted by molar-refractivity contribution is 5.49. The van der Waals surface area contributed by atoms with Crippen LogP contribution in [-0.2, 0) is 5.60 Å². The summed E-state index contributed by atoms with van der Waals surface area (Å²) in [5.74, 6) is 2.50. The Labute approximate surface area is 143 Å². The van der Waals surface area contributed by atoms with Gasteiger partial charge in [-0.25, -0.2) is 0 Å². The quantitative estimate of drug-likeness (QED) is 0.815. The van der Waals surface area contributed by atoms with Gasteiger partial charge in [-0.3, -0.25) is 0 Å². The zero-order valence-electron chi connectivity index (χ0n) is 13.7. The fraction of sp³-hybridized carbons (Fsp3) is 0.304. The van der Waals surface area contributed by atoms with Crippen molar-refractivity contribution in [2.24, 2.45) is 23.7 Å². The number of hydrogen-bond donors (Lipinski definition) is 1. The zero-order valence-corrected chi connectivity index (χ0v) is 13.7. The number of benzene rings is 2. The summed E-state index contributed by atoms with van der Waals surface area (Å²) < 4.78 is 0. The van der Waals surface area contributed by atoms with Crippen LogP contribution in [0.25, 0.3) is 0 Å². The van der Waals surface area contributed by atoms with Crippen molar-refractivity contribution in [1.29, 1.82) is 0 Å². The summed E-state index contributed by atoms with van der Waals surface area (Å²) >= 11 is 0. The van der Waals surface area contributed by atoms with Crippen LogP contribution >= 0.6 is 0 Å². The molecule has 3 aliphatic carbocycles. The highest BCUT2D eigenvalue weighted by Crippen LogP contribution is 2.60. The second kappa shape index (κ2) is 5.19. The molecule has 2 aromatic carbocycles. The molecule has 0 amide bonds. The molecule has 0 saturated heterocycles. The monoisotopic (exact) mass is 314 g/mol. The van der Waals surface area contributed by atoms with E-state index in [-0.39, 0.29) is 0 Å². The minimum Gasteiger partial charge on any atom is -0.376 e. The summed E-state index contributed by atoms with van der Waals surface area (Å²) in [4.78, 5) is 0. The molecule has 0 aliphatic heterocycles. The van der Waals surface area contributed by atoms with Gasteiger partial charge in [-0.2, -0.15) is 0 Å². The van der Waals surface area contributed by atoms with Crippen molar-refractivity contribution in [3.8, 4) is 0 Å². The van der Waals surface area contributed by atoms with E-state index < -0.39 is 5.60 Å². The van der Waals surface area contributed by atoms with Gasteiger partial charge in [0.15, 0.2) is 0 Å². The van der Waals surface area contributed by atoms with Crippen LogP contribution in [0.5, 0.6) is 0 Å². The van der Waals surface area contributed by atoms with Gasteiger partial charge in [-0.15, -0.1) is 0 Å². The highest BCUT2D eigenvalue weighted by atomic mass is 16.3. The largest absolute Gasteiger partial charge is 0.376 e. The lowest BCUT2D eigenvalue weighted by Gasteiger charge is -2.37. The predicted molar refractivity (Wildman–Crippen MR) is 96.3 cm³/mol. The summed E-state index contributed by atoms with van der Waals surface area (Å²) in [5, 5.41) is 12.0. The summed E-state index contributed by atoms with van der Waals surface area (Å²) in [5.41, 5.74) is 2.19. The third kappa shape index (κ3) is 1.85. The molecule has 1 fully saturated rings. The average molecular weight is 314 g/mol. The second-order valence-corrected chi connectivity index (χ2v) is 7.48. The Bertz CT molecular complexity index is 763. The van der Waals surface area contributed by atoms with Gasteiger partial charge in [0.05, 0.1) is 0 Å². The Morgan fingerprint density at radius 1 is 0.875 bits per heavy atom. The molecule has 2 aromatic rings. The number of fused-ring (bicyclic) bond motifs is 5. The van der Waals surface area contributed by atoms with Crippen LogP contribution in [-0.4, -0.2) is 5.11 Å². The molecule has 0 spiro atoms. The molecule has 1 nitrogen and oxygen atoms in total. The lowest BCUT2D eigenvalue weighted by Crippen LogP contribution is -2.35. The average Bonchev–Trinajstić information content (AvgIpc) is 3.35. The van der Waals surface area contributed by atoms with Crippen LogP contribution in [0.3, 0.4) is 0 Å². The van der Waals surface area contributed by atoms with Crippen molar-refractivity contribution in [2.75, 3.05) is 0 Å². The Morgan fingerprint density at radius 3 is 2.12 bits per heavy atom. The lowest BCUT2D eigenvalue weighted by atomic mass is 9.70. The third-order valence-corrected chi connectivity index (χ3v) is 6.39. The Balaban J connectivity index is 1.67. The van der Waals surface area contributed by atoms with Gasteiger partial charge in [-0.1, -0.05) is 78.9 Å². The number of rotatable bonds is 3. The van der Waals surface area contributed by atoms with Crippen molar-refractivity contribution in [3.05, 3.63) is 95.6 Å². The van der Waals surface area contributed by atoms with E-state index in [1.165, 1.54) is 18.4 Å². The molecule has 24 heavy (non-hydrogen) atoms. The number of aliphatic hydroxyl groups is 1. The normalized spacial score (nSPS) is 30.5. The first kappa shape index (κ1) is 14.2. The molecule has 1 N–H and O–H groups in total. The molecule has 3 aliphatic rings. The van der Waals surface area contributed by atoms with Gasteiger partial charge in [0.25, 0.3) is 0 Å². The van der Waals surface area contributed by atoms with Crippen LogP contribution in [0.4, 0.5) is 0 Å². The maximum absolute atomic E-state index is 12.0. The smallest absolute Gasteiger partial charge is 0.136 e. The molecule has 2 bridgehead atoms. The van der Waals surface area contributed by atoms with Gasteiger partial charge in [0, 0.05) is 0 Å². The third-order valence-electron chi connectivity index (χ3n) is 6.39. The van der Waals surface area contributed by atoms with Gasteiger partial charge in [-0.05, 0) is 53.2 Å². The fourth-order valence-corrected chi connectivity index (χ4v) is 5.35. The van der Waals surface area contributed by atoms with Crippen molar-refractivity contribution in [2.45, 2.75) is 18.4 Å². The van der Waals surface area contributed by atoms with E-state index in [9.17, 15) is 5.11 Å². The first-order valence-corrected chi connectivity index (χ1v) is 9.01. The van der Waals surface area contributed by atoms with E-state index in [2.05, 4.69) is 42.5 Å². The Hall–Kier alpha value is -2.12. The minimum atomic E-state index is -1.00. The van der Waals surface area contributed by atoms with Crippen LogP contribution in [0.1, 0.15) is 24.0 Å². The molecule has 4 atom stereocenters. The summed E-state index contributed by atoms with van der Waals surface area (Å²) in [7, 11) is 0. The SMILES string of the molecule is OC(C1=CC2CC1C1CC=CC21)(c1ccccc1)c1ccccc1. The topological polar surface area (TPSA) is 20.2 Å². The van der Waals surface area contributed by atoms with Crippen LogP contribution in [0.15, 0.2) is 84.5 Å². The summed E-state index contributed by atoms with van der Waals surface area (Å²) in [6.45, 7) is 0. The van der Waals surface area contributed by atoms with Gasteiger partial charge >= 0.3 is 0 Å². The molecule has 0 radical (unpaired) electrons. The number of hydrogen-bond acceptors (Lipinski definition) is 1. The van der Waals surface area contributed by atoms with E-state index >= 15 is 0 Å². The van der Waals surface area contributed by atoms with Gasteiger partial charge in [0.2, 0.25) is 0 Å². The van der Waals surface area contributed by atoms with Gasteiger partial charge in [0.1, 0.15) is 5.60 Å². The molecule has 5 rings (SSSR count). The second-order valence-electron chi connectivity index (χ2n) is 7.48. The van der Waals surface area contributed by atoms with Crippen molar-refractivity contribution >= 4 is 0 Å². The van der Waals surface area contributed by atoms with Crippen molar-refractivity contribution in [3.63, 3.8) is 0 Å². The van der Waals surface area contributed by atoms with Crippen molar-refractivity contribution < 1.29 is 5.11 Å². The van der Waals surface area contributed by atoms with Crippen LogP contribution in [0, 0.1) is 23.7 Å². The number of allylic oxidation sites excluding steroid dienone is 3. The van der Waals surface area contributed by atoms with E-state index in [4.69, 9.17) is 0 Å². The standard InChI is InChI=1S/C23H22O/c24-23(17-8-3-1-4-9-17,18-10-5-2-6-11-18)22-15-16-14-21(22)20-13-7-12-19(16)20/h1-12,15-16,19-21,24H,13-14H2. The fourth-order valence-electron chi connectivity index (χ4n) is 5.35. The maximum Gasteiger partial charge on any atom is 0.136 e. The molecular formula is C23H22O. The predicted octanol–water partition coefficient (Wildman–Crippen LogP) is 4.69. The molecule has 120 valence electrons. The van der Waals surface area contributed by atoms with Gasteiger partial charge < -0.3 is 5.11 Å². The van der Waals surface area contributed by atoms with E-state index in [0.717, 1.165) is 11.1 Å². The molecule has 1 saturated carbocycles. The van der Waals surface area contributed by atoms with Crippen LogP contribution < -0.4 is 0 Å². The molecule has 0 aromatic heterocycles. The minimum absolute atomic E-state index is 0.500. The molecule has 1 heteroatoms. The summed E-state index contributed by atoms with van der Waals surface area (Å²) in [6.07, 6.45) is 9.52. The molecule has 0 heterocycles. The van der Waals surface area contributed by atoms with E-state index in [1.54, 1.807) is 0 Å². The van der Waals surface area contributed by atoms with Crippen LogP contribution in [0.2, 0.25) is 0 Å². The lowest BCUT2D eigenvalue weighted by molar-refractivity contribution is 0.102. The first-order valence-electron chi connectivity index (χ1n) is 9.01. The highest BCUT2D eigenvalue weighted by Gasteiger charge is 2.53.